The van der Waals surface area contributed by atoms with Gasteiger partial charge in [0.05, 0.1) is 29.5 Å². The molecule has 1 atom stereocenters. The van der Waals surface area contributed by atoms with Gasteiger partial charge < -0.3 is 9.64 Å². The zero-order chi connectivity index (χ0) is 18.9. The molecule has 1 saturated heterocycles. The van der Waals surface area contributed by atoms with E-state index in [9.17, 15) is 13.2 Å². The molecule has 26 heavy (non-hydrogen) atoms. The lowest BCUT2D eigenvalue weighted by Crippen LogP contribution is -2.38. The van der Waals surface area contributed by atoms with Gasteiger partial charge in [0, 0.05) is 13.1 Å². The monoisotopic (exact) mass is 378 g/mol. The Labute approximate surface area is 152 Å². The number of benzene rings is 1. The third-order valence-electron chi connectivity index (χ3n) is 4.57. The molecule has 0 spiro atoms. The van der Waals surface area contributed by atoms with Crippen molar-refractivity contribution in [3.05, 3.63) is 35.7 Å². The molecule has 1 fully saturated rings. The summed E-state index contributed by atoms with van der Waals surface area (Å²) in [5.74, 6) is 0.559. The van der Waals surface area contributed by atoms with E-state index in [1.165, 1.54) is 4.90 Å². The predicted octanol–water partition coefficient (Wildman–Crippen LogP) is 1.23. The van der Waals surface area contributed by atoms with Gasteiger partial charge in [-0.1, -0.05) is 5.21 Å². The zero-order valence-electron chi connectivity index (χ0n) is 15.0. The first-order valence-corrected chi connectivity index (χ1v) is 10.3. The number of carbonyl (C=O) groups is 1. The fourth-order valence-electron chi connectivity index (χ4n) is 3.04. The van der Waals surface area contributed by atoms with Crippen molar-refractivity contribution >= 4 is 15.7 Å². The molecule has 0 radical (unpaired) electrons. The molecule has 2 aromatic rings. The number of hydrogen-bond donors (Lipinski definition) is 0. The van der Waals surface area contributed by atoms with E-state index in [1.54, 1.807) is 18.7 Å². The summed E-state index contributed by atoms with van der Waals surface area (Å²) in [6, 6.07) is 7.03. The SMILES string of the molecule is CCOc1ccc(-n2nnc(C(=O)N(C)C3CCS(=O)(=O)C3)c2C)cc1. The number of hydrogen-bond acceptors (Lipinski definition) is 6. The minimum Gasteiger partial charge on any atom is -0.494 e. The molecule has 1 amide bonds. The maximum atomic E-state index is 12.7. The normalized spacial score (nSPS) is 18.7. The lowest BCUT2D eigenvalue weighted by Gasteiger charge is -2.22. The van der Waals surface area contributed by atoms with Gasteiger partial charge in [0.1, 0.15) is 5.75 Å². The molecule has 1 unspecified atom stereocenters. The van der Waals surface area contributed by atoms with E-state index in [0.717, 1.165) is 11.4 Å². The van der Waals surface area contributed by atoms with E-state index in [1.807, 2.05) is 31.2 Å². The van der Waals surface area contributed by atoms with Gasteiger partial charge in [-0.25, -0.2) is 13.1 Å². The molecule has 0 N–H and O–H groups in total. The number of carbonyl (C=O) groups excluding carboxylic acids is 1. The predicted molar refractivity (Wildman–Crippen MR) is 96.4 cm³/mol. The largest absolute Gasteiger partial charge is 0.494 e. The second kappa shape index (κ2) is 7.06. The first-order valence-electron chi connectivity index (χ1n) is 8.45. The van der Waals surface area contributed by atoms with Crippen LogP contribution in [0.25, 0.3) is 5.69 Å². The molecule has 1 aromatic carbocycles. The zero-order valence-corrected chi connectivity index (χ0v) is 15.9. The van der Waals surface area contributed by atoms with Crippen LogP contribution in [0.15, 0.2) is 24.3 Å². The molecule has 2 heterocycles. The summed E-state index contributed by atoms with van der Waals surface area (Å²) in [5, 5.41) is 8.10. The van der Waals surface area contributed by atoms with Crippen LogP contribution < -0.4 is 4.74 Å². The Balaban J connectivity index is 1.81. The van der Waals surface area contributed by atoms with Crippen LogP contribution in [0.1, 0.15) is 29.5 Å². The highest BCUT2D eigenvalue weighted by molar-refractivity contribution is 7.91. The van der Waals surface area contributed by atoms with Gasteiger partial charge in [-0.05, 0) is 44.5 Å². The van der Waals surface area contributed by atoms with Crippen molar-refractivity contribution in [3.63, 3.8) is 0 Å². The summed E-state index contributed by atoms with van der Waals surface area (Å²) in [6.07, 6.45) is 0.455. The summed E-state index contributed by atoms with van der Waals surface area (Å²) < 4.78 is 30.3. The minimum absolute atomic E-state index is 0.00131. The van der Waals surface area contributed by atoms with E-state index < -0.39 is 9.84 Å². The third kappa shape index (κ3) is 3.57. The molecule has 140 valence electrons. The van der Waals surface area contributed by atoms with Crippen LogP contribution in [-0.2, 0) is 9.84 Å². The van der Waals surface area contributed by atoms with Crippen LogP contribution in [-0.4, -0.2) is 65.4 Å². The van der Waals surface area contributed by atoms with Gasteiger partial charge in [-0.3, -0.25) is 4.79 Å². The number of rotatable bonds is 5. The molecular formula is C17H22N4O4S. The summed E-state index contributed by atoms with van der Waals surface area (Å²) in [4.78, 5) is 14.2. The molecule has 0 bridgehead atoms. The second-order valence-corrected chi connectivity index (χ2v) is 8.56. The summed E-state index contributed by atoms with van der Waals surface area (Å²) in [7, 11) is -1.45. The van der Waals surface area contributed by atoms with Crippen molar-refractivity contribution < 1.29 is 17.9 Å². The Morgan fingerprint density at radius 1 is 1.35 bits per heavy atom. The average Bonchev–Trinajstić information content (AvgIpc) is 3.17. The lowest BCUT2D eigenvalue weighted by atomic mass is 10.2. The molecule has 8 nitrogen and oxygen atoms in total. The van der Waals surface area contributed by atoms with Crippen LogP contribution in [0.3, 0.4) is 0 Å². The molecule has 0 saturated carbocycles. The summed E-state index contributed by atoms with van der Waals surface area (Å²) >= 11 is 0. The topological polar surface area (TPSA) is 94.4 Å². The molecule has 3 rings (SSSR count). The molecule has 0 aliphatic carbocycles. The highest BCUT2D eigenvalue weighted by Crippen LogP contribution is 2.21. The highest BCUT2D eigenvalue weighted by Gasteiger charge is 2.34. The van der Waals surface area contributed by atoms with Crippen LogP contribution in [0, 0.1) is 6.92 Å². The fraction of sp³-hybridized carbons (Fsp3) is 0.471. The lowest BCUT2D eigenvalue weighted by molar-refractivity contribution is 0.0741. The van der Waals surface area contributed by atoms with Gasteiger partial charge in [0.15, 0.2) is 15.5 Å². The first kappa shape index (κ1) is 18.4. The smallest absolute Gasteiger partial charge is 0.276 e. The highest BCUT2D eigenvalue weighted by atomic mass is 32.2. The Morgan fingerprint density at radius 2 is 2.04 bits per heavy atom. The number of amides is 1. The van der Waals surface area contributed by atoms with Crippen molar-refractivity contribution in [1.82, 2.24) is 19.9 Å². The van der Waals surface area contributed by atoms with Crippen molar-refractivity contribution in [2.45, 2.75) is 26.3 Å². The Bertz CT molecular complexity index is 905. The van der Waals surface area contributed by atoms with Crippen LogP contribution in [0.5, 0.6) is 5.75 Å². The van der Waals surface area contributed by atoms with Crippen molar-refractivity contribution in [2.75, 3.05) is 25.2 Å². The van der Waals surface area contributed by atoms with Gasteiger partial charge >= 0.3 is 0 Å². The van der Waals surface area contributed by atoms with E-state index >= 15 is 0 Å². The number of aromatic nitrogens is 3. The number of sulfone groups is 1. The second-order valence-electron chi connectivity index (χ2n) is 6.34. The molecular weight excluding hydrogens is 356 g/mol. The Morgan fingerprint density at radius 3 is 2.62 bits per heavy atom. The minimum atomic E-state index is -3.06. The maximum Gasteiger partial charge on any atom is 0.276 e. The maximum absolute atomic E-state index is 12.7. The standard InChI is InChI=1S/C17H22N4O4S/c1-4-25-15-7-5-13(6-8-15)21-12(2)16(18-19-21)17(22)20(3)14-9-10-26(23,24)11-14/h5-8,14H,4,9-11H2,1-3H3. The quantitative estimate of drug-likeness (QED) is 0.777. The van der Waals surface area contributed by atoms with E-state index in [4.69, 9.17) is 4.74 Å². The summed E-state index contributed by atoms with van der Waals surface area (Å²) in [5.41, 5.74) is 1.60. The van der Waals surface area contributed by atoms with Crippen LogP contribution in [0.2, 0.25) is 0 Å². The van der Waals surface area contributed by atoms with Gasteiger partial charge in [0.25, 0.3) is 5.91 Å². The Hall–Kier alpha value is -2.42. The van der Waals surface area contributed by atoms with Gasteiger partial charge in [-0.2, -0.15) is 0 Å². The molecule has 9 heteroatoms. The first-order chi connectivity index (χ1) is 12.3. The van der Waals surface area contributed by atoms with Gasteiger partial charge in [-0.15, -0.1) is 5.10 Å². The fourth-order valence-corrected chi connectivity index (χ4v) is 4.81. The number of ether oxygens (including phenoxy) is 1. The molecule has 1 aliphatic rings. The average molecular weight is 378 g/mol. The Kier molecular flexibility index (Phi) is 4.99. The van der Waals surface area contributed by atoms with Crippen LogP contribution >= 0.6 is 0 Å². The van der Waals surface area contributed by atoms with E-state index in [0.29, 0.717) is 18.7 Å². The molecule has 1 aliphatic heterocycles. The number of nitrogens with zero attached hydrogens (tertiary/aromatic N) is 4. The van der Waals surface area contributed by atoms with Crippen LogP contribution in [0.4, 0.5) is 0 Å². The van der Waals surface area contributed by atoms with Crippen molar-refractivity contribution in [3.8, 4) is 11.4 Å². The van der Waals surface area contributed by atoms with Crippen molar-refractivity contribution in [2.24, 2.45) is 0 Å². The van der Waals surface area contributed by atoms with E-state index in [-0.39, 0.29) is 29.1 Å². The molecule has 1 aromatic heterocycles. The third-order valence-corrected chi connectivity index (χ3v) is 6.32. The van der Waals surface area contributed by atoms with E-state index in [2.05, 4.69) is 10.3 Å². The summed E-state index contributed by atoms with van der Waals surface area (Å²) in [6.45, 7) is 4.27. The van der Waals surface area contributed by atoms with Gasteiger partial charge in [0.2, 0.25) is 0 Å². The van der Waals surface area contributed by atoms with Crippen molar-refractivity contribution in [1.29, 1.82) is 0 Å².